The first-order valence-corrected chi connectivity index (χ1v) is 3.96. The van der Waals surface area contributed by atoms with Crippen LogP contribution in [0.15, 0.2) is 30.3 Å². The van der Waals surface area contributed by atoms with Gasteiger partial charge in [-0.2, -0.15) is 0 Å². The zero-order chi connectivity index (χ0) is 9.23. The lowest BCUT2D eigenvalue weighted by molar-refractivity contribution is 0.183. The number of benzene rings is 1. The molecular weight excluding hydrogens is 150 g/mol. The molecule has 0 unspecified atom stereocenters. The Bertz CT molecular complexity index is 172. The van der Waals surface area contributed by atoms with Crippen LogP contribution in [0.2, 0.25) is 0 Å². The maximum atomic E-state index is 4.58. The fourth-order valence-electron chi connectivity index (χ4n) is 0.679. The predicted molar refractivity (Wildman–Crippen MR) is 52.1 cm³/mol. The molecule has 0 aliphatic rings. The molecule has 1 aromatic rings. The van der Waals surface area contributed by atoms with Gasteiger partial charge in [-0.1, -0.05) is 35.9 Å². The van der Waals surface area contributed by atoms with E-state index in [-0.39, 0.29) is 0 Å². The van der Waals surface area contributed by atoms with Crippen molar-refractivity contribution in [3.63, 3.8) is 0 Å². The normalized spacial score (nSPS) is 8.58. The molecule has 0 aliphatic carbocycles. The van der Waals surface area contributed by atoms with E-state index in [0.717, 1.165) is 0 Å². The highest BCUT2D eigenvalue weighted by atomic mass is 16.5. The average Bonchev–Trinajstić information content (AvgIpc) is 2.08. The number of aryl methyl sites for hydroxylation is 1. The van der Waals surface area contributed by atoms with Gasteiger partial charge in [0.05, 0.1) is 6.73 Å². The van der Waals surface area contributed by atoms with Crippen molar-refractivity contribution < 1.29 is 4.74 Å². The van der Waals surface area contributed by atoms with E-state index in [1.807, 2.05) is 25.2 Å². The highest BCUT2D eigenvalue weighted by Gasteiger charge is 1.72. The molecule has 0 atom stereocenters. The molecular formula is C10H17NO. The molecule has 12 heavy (non-hydrogen) atoms. The van der Waals surface area contributed by atoms with E-state index in [1.165, 1.54) is 5.56 Å². The molecule has 1 N–H and O–H groups in total. The Kier molecular flexibility index (Phi) is 7.65. The van der Waals surface area contributed by atoms with Gasteiger partial charge in [0.2, 0.25) is 0 Å². The highest BCUT2D eigenvalue weighted by molar-refractivity contribution is 5.11. The maximum Gasteiger partial charge on any atom is 0.0958 e. The zero-order valence-corrected chi connectivity index (χ0v) is 8.00. The number of nitrogens with one attached hydrogen (secondary N) is 1. The van der Waals surface area contributed by atoms with E-state index in [9.17, 15) is 0 Å². The Morgan fingerprint density at radius 2 is 1.83 bits per heavy atom. The van der Waals surface area contributed by atoms with Crippen LogP contribution in [0.1, 0.15) is 5.56 Å². The Balaban J connectivity index is 0.000000217. The second-order valence-corrected chi connectivity index (χ2v) is 2.44. The van der Waals surface area contributed by atoms with Gasteiger partial charge in [-0.05, 0) is 14.0 Å². The molecule has 0 aliphatic heterocycles. The quantitative estimate of drug-likeness (QED) is 0.678. The minimum atomic E-state index is 0.639. The van der Waals surface area contributed by atoms with Gasteiger partial charge in [-0.15, -0.1) is 0 Å². The highest BCUT2D eigenvalue weighted by Crippen LogP contribution is 1.92. The van der Waals surface area contributed by atoms with Crippen LogP contribution < -0.4 is 5.32 Å². The summed E-state index contributed by atoms with van der Waals surface area (Å²) in [6, 6.07) is 10.3. The second kappa shape index (κ2) is 8.24. The molecule has 0 amide bonds. The smallest absolute Gasteiger partial charge is 0.0958 e. The SMILES string of the molecule is CNCOC.Cc1ccccc1. The van der Waals surface area contributed by atoms with Crippen molar-refractivity contribution in [1.29, 1.82) is 0 Å². The third-order valence-electron chi connectivity index (χ3n) is 1.23. The molecule has 0 bridgehead atoms. The number of rotatable bonds is 2. The number of methoxy groups -OCH3 is 1. The monoisotopic (exact) mass is 167 g/mol. The summed E-state index contributed by atoms with van der Waals surface area (Å²) in [4.78, 5) is 0. The summed E-state index contributed by atoms with van der Waals surface area (Å²) in [6.45, 7) is 2.72. The van der Waals surface area contributed by atoms with Gasteiger partial charge >= 0.3 is 0 Å². The largest absolute Gasteiger partial charge is 0.370 e. The van der Waals surface area contributed by atoms with Crippen LogP contribution in [0.3, 0.4) is 0 Å². The lowest BCUT2D eigenvalue weighted by Gasteiger charge is -1.88. The van der Waals surface area contributed by atoms with Crippen molar-refractivity contribution in [2.45, 2.75) is 6.92 Å². The van der Waals surface area contributed by atoms with Gasteiger partial charge in [-0.3, -0.25) is 5.32 Å². The third kappa shape index (κ3) is 7.25. The van der Waals surface area contributed by atoms with E-state index in [0.29, 0.717) is 6.73 Å². The van der Waals surface area contributed by atoms with Crippen molar-refractivity contribution in [2.75, 3.05) is 20.9 Å². The van der Waals surface area contributed by atoms with Gasteiger partial charge in [0, 0.05) is 7.11 Å². The predicted octanol–water partition coefficient (Wildman–Crippen LogP) is 1.80. The minimum Gasteiger partial charge on any atom is -0.370 e. The van der Waals surface area contributed by atoms with E-state index in [4.69, 9.17) is 0 Å². The molecule has 0 heterocycles. The summed E-state index contributed by atoms with van der Waals surface area (Å²) in [6.07, 6.45) is 0. The maximum absolute atomic E-state index is 4.58. The Morgan fingerprint density at radius 3 is 2.00 bits per heavy atom. The van der Waals surface area contributed by atoms with Crippen LogP contribution in [0.4, 0.5) is 0 Å². The van der Waals surface area contributed by atoms with E-state index in [2.05, 4.69) is 29.1 Å². The molecule has 1 rings (SSSR count). The van der Waals surface area contributed by atoms with Crippen LogP contribution in [-0.4, -0.2) is 20.9 Å². The minimum absolute atomic E-state index is 0.639. The number of hydrogen-bond donors (Lipinski definition) is 1. The number of ether oxygens (including phenoxy) is 1. The summed E-state index contributed by atoms with van der Waals surface area (Å²) < 4.78 is 4.58. The molecule has 68 valence electrons. The zero-order valence-electron chi connectivity index (χ0n) is 8.00. The van der Waals surface area contributed by atoms with Crippen molar-refractivity contribution in [3.05, 3.63) is 35.9 Å². The molecule has 0 aromatic heterocycles. The molecule has 0 saturated heterocycles. The standard InChI is InChI=1S/C7H8.C3H9NO/c1-7-5-3-2-4-6-7;1-4-3-5-2/h2-6H,1H3;4H,3H2,1-2H3. The second-order valence-electron chi connectivity index (χ2n) is 2.44. The van der Waals surface area contributed by atoms with Crippen molar-refractivity contribution >= 4 is 0 Å². The van der Waals surface area contributed by atoms with Crippen LogP contribution in [0.5, 0.6) is 0 Å². The van der Waals surface area contributed by atoms with Gasteiger partial charge in [0.25, 0.3) is 0 Å². The van der Waals surface area contributed by atoms with Gasteiger partial charge in [-0.25, -0.2) is 0 Å². The summed E-state index contributed by atoms with van der Waals surface area (Å²) >= 11 is 0. The Labute approximate surface area is 74.6 Å². The first-order valence-electron chi connectivity index (χ1n) is 3.96. The summed E-state index contributed by atoms with van der Waals surface area (Å²) in [5.74, 6) is 0. The van der Waals surface area contributed by atoms with Crippen molar-refractivity contribution in [2.24, 2.45) is 0 Å². The van der Waals surface area contributed by atoms with Crippen LogP contribution in [-0.2, 0) is 4.74 Å². The summed E-state index contributed by atoms with van der Waals surface area (Å²) in [5.41, 5.74) is 1.32. The first-order chi connectivity index (χ1) is 5.81. The van der Waals surface area contributed by atoms with Gasteiger partial charge in [0.1, 0.15) is 0 Å². The van der Waals surface area contributed by atoms with Gasteiger partial charge < -0.3 is 4.74 Å². The number of hydrogen-bond acceptors (Lipinski definition) is 2. The first kappa shape index (κ1) is 11.1. The summed E-state index contributed by atoms with van der Waals surface area (Å²) in [7, 11) is 3.49. The average molecular weight is 167 g/mol. The molecule has 0 fully saturated rings. The Hall–Kier alpha value is -0.860. The van der Waals surface area contributed by atoms with Crippen molar-refractivity contribution in [1.82, 2.24) is 5.32 Å². The molecule has 1 aromatic carbocycles. The molecule has 0 spiro atoms. The van der Waals surface area contributed by atoms with E-state index in [1.54, 1.807) is 7.11 Å². The van der Waals surface area contributed by atoms with Crippen LogP contribution >= 0.6 is 0 Å². The fourth-order valence-corrected chi connectivity index (χ4v) is 0.679. The van der Waals surface area contributed by atoms with Gasteiger partial charge in [0.15, 0.2) is 0 Å². The van der Waals surface area contributed by atoms with Crippen LogP contribution in [0.25, 0.3) is 0 Å². The van der Waals surface area contributed by atoms with Crippen molar-refractivity contribution in [3.8, 4) is 0 Å². The van der Waals surface area contributed by atoms with E-state index >= 15 is 0 Å². The molecule has 0 radical (unpaired) electrons. The topological polar surface area (TPSA) is 21.3 Å². The molecule has 2 heteroatoms. The molecule has 2 nitrogen and oxygen atoms in total. The lowest BCUT2D eigenvalue weighted by atomic mass is 10.2. The third-order valence-corrected chi connectivity index (χ3v) is 1.23. The summed E-state index contributed by atoms with van der Waals surface area (Å²) in [5, 5.41) is 2.80. The Morgan fingerprint density at radius 1 is 1.25 bits per heavy atom. The van der Waals surface area contributed by atoms with Crippen LogP contribution in [0, 0.1) is 6.92 Å². The molecule has 0 saturated carbocycles. The fraction of sp³-hybridized carbons (Fsp3) is 0.400. The van der Waals surface area contributed by atoms with E-state index < -0.39 is 0 Å². The lowest BCUT2D eigenvalue weighted by Crippen LogP contribution is -2.08.